The zero-order chi connectivity index (χ0) is 34.0. The van der Waals surface area contributed by atoms with E-state index in [0.29, 0.717) is 97.8 Å². The molecule has 11 heteroatoms. The Kier molecular flexibility index (Phi) is 11.9. The van der Waals surface area contributed by atoms with Gasteiger partial charge in [-0.15, -0.1) is 0 Å². The summed E-state index contributed by atoms with van der Waals surface area (Å²) in [5.74, 6) is 2.39. The van der Waals surface area contributed by atoms with Gasteiger partial charge >= 0.3 is 0 Å². The first-order valence-electron chi connectivity index (χ1n) is 15.6. The Hall–Kier alpha value is -4.26. The smallest absolute Gasteiger partial charge is 0.193 e. The second-order valence-electron chi connectivity index (χ2n) is 10.8. The highest BCUT2D eigenvalue weighted by Crippen LogP contribution is 2.27. The summed E-state index contributed by atoms with van der Waals surface area (Å²) in [5, 5.41) is 1.06. The van der Waals surface area contributed by atoms with E-state index in [1.165, 1.54) is 12.1 Å². The largest absolute Gasteiger partial charge is 0.491 e. The Morgan fingerprint density at radius 3 is 1.20 bits per heavy atom. The summed E-state index contributed by atoms with van der Waals surface area (Å²) >= 11 is 6.77. The molecule has 252 valence electrons. The molecule has 0 radical (unpaired) electrons. The number of fused-ring (bicyclic) bond motifs is 2. The lowest BCUT2D eigenvalue weighted by Crippen LogP contribution is -2.14. The van der Waals surface area contributed by atoms with Crippen molar-refractivity contribution in [3.05, 3.63) is 126 Å². The van der Waals surface area contributed by atoms with Gasteiger partial charge in [0.2, 0.25) is 0 Å². The maximum Gasteiger partial charge on any atom is 0.193 e. The minimum absolute atomic E-state index is 0.0951. The van der Waals surface area contributed by atoms with Crippen LogP contribution in [0.15, 0.2) is 124 Å². The van der Waals surface area contributed by atoms with E-state index in [0.717, 1.165) is 20.1 Å². The molecule has 0 saturated carbocycles. The van der Waals surface area contributed by atoms with Crippen LogP contribution in [0, 0.1) is 0 Å². The monoisotopic (exact) mass is 790 g/mol. The molecule has 0 spiro atoms. The van der Waals surface area contributed by atoms with Crippen LogP contribution in [-0.4, -0.2) is 52.9 Å². The molecule has 4 aromatic carbocycles. The van der Waals surface area contributed by atoms with Crippen molar-refractivity contribution in [2.45, 2.75) is 0 Å². The van der Waals surface area contributed by atoms with E-state index in [2.05, 4.69) is 31.9 Å². The molecule has 0 fully saturated rings. The summed E-state index contributed by atoms with van der Waals surface area (Å²) in [6.45, 7) is 3.41. The second kappa shape index (κ2) is 16.9. The lowest BCUT2D eigenvalue weighted by Gasteiger charge is -2.10. The highest BCUT2D eigenvalue weighted by molar-refractivity contribution is 9.10. The van der Waals surface area contributed by atoms with Gasteiger partial charge in [0.15, 0.2) is 10.9 Å². The van der Waals surface area contributed by atoms with Crippen LogP contribution >= 0.6 is 31.9 Å². The first kappa shape index (κ1) is 34.6. The van der Waals surface area contributed by atoms with E-state index < -0.39 is 0 Å². The zero-order valence-corrected chi connectivity index (χ0v) is 29.5. The second-order valence-corrected chi connectivity index (χ2v) is 12.6. The van der Waals surface area contributed by atoms with Crippen LogP contribution in [0.3, 0.4) is 0 Å². The third-order valence-electron chi connectivity index (χ3n) is 7.39. The van der Waals surface area contributed by atoms with Crippen molar-refractivity contribution in [1.82, 2.24) is 0 Å². The van der Waals surface area contributed by atoms with Gasteiger partial charge < -0.3 is 32.5 Å². The molecule has 0 amide bonds. The quantitative estimate of drug-likeness (QED) is 0.0896. The summed E-state index contributed by atoms with van der Waals surface area (Å²) in [7, 11) is 0. The fourth-order valence-corrected chi connectivity index (χ4v) is 5.67. The standard InChI is InChI=1S/C38H32Br2O9/c39-27-5-11-35-31(21-27)33(41)23-37(48-35)25-1-7-29(8-2-25)46-19-17-44-15-13-43-14-16-45-18-20-47-30-9-3-26(4-10-30)38-24-34(42)32-22-28(40)6-12-36(32)49-38/h1-12,21-24H,13-20H2. The molecule has 0 N–H and O–H groups in total. The number of rotatable bonds is 16. The van der Waals surface area contributed by atoms with Crippen LogP contribution in [0.5, 0.6) is 11.5 Å². The molecule has 0 aliphatic carbocycles. The first-order valence-corrected chi connectivity index (χ1v) is 17.2. The molecule has 0 saturated heterocycles. The van der Waals surface area contributed by atoms with Gasteiger partial charge in [0.25, 0.3) is 0 Å². The summed E-state index contributed by atoms with van der Waals surface area (Å²) in [6, 6.07) is 28.5. The molecule has 0 atom stereocenters. The molecule has 0 aliphatic heterocycles. The highest BCUT2D eigenvalue weighted by Gasteiger charge is 2.09. The van der Waals surface area contributed by atoms with Gasteiger partial charge in [-0.1, -0.05) is 31.9 Å². The fourth-order valence-electron chi connectivity index (χ4n) is 4.95. The van der Waals surface area contributed by atoms with E-state index in [-0.39, 0.29) is 10.9 Å². The number of halogens is 2. The normalized spacial score (nSPS) is 11.3. The van der Waals surface area contributed by atoms with Crippen molar-refractivity contribution < 1.29 is 32.5 Å². The van der Waals surface area contributed by atoms with Crippen LogP contribution < -0.4 is 20.3 Å². The van der Waals surface area contributed by atoms with Crippen molar-refractivity contribution in [3.8, 4) is 34.1 Å². The zero-order valence-electron chi connectivity index (χ0n) is 26.3. The third-order valence-corrected chi connectivity index (χ3v) is 8.38. The first-order chi connectivity index (χ1) is 23.9. The topological polar surface area (TPSA) is 107 Å². The Morgan fingerprint density at radius 1 is 0.449 bits per heavy atom. The lowest BCUT2D eigenvalue weighted by molar-refractivity contribution is 0.00499. The van der Waals surface area contributed by atoms with Crippen LogP contribution in [0.4, 0.5) is 0 Å². The predicted molar refractivity (Wildman–Crippen MR) is 195 cm³/mol. The molecule has 0 bridgehead atoms. The summed E-state index contributed by atoms with van der Waals surface area (Å²) in [5.41, 5.74) is 2.46. The van der Waals surface area contributed by atoms with Gasteiger partial charge in [0.1, 0.15) is 47.4 Å². The molecule has 0 unspecified atom stereocenters. The van der Waals surface area contributed by atoms with E-state index in [1.54, 1.807) is 24.3 Å². The molecule has 6 rings (SSSR count). The van der Waals surface area contributed by atoms with Gasteiger partial charge in [0.05, 0.1) is 50.4 Å². The average Bonchev–Trinajstić information content (AvgIpc) is 3.11. The van der Waals surface area contributed by atoms with Crippen molar-refractivity contribution in [1.29, 1.82) is 0 Å². The average molecular weight is 792 g/mol. The number of ether oxygens (including phenoxy) is 5. The van der Waals surface area contributed by atoms with Crippen LogP contribution in [0.2, 0.25) is 0 Å². The Morgan fingerprint density at radius 2 is 0.816 bits per heavy atom. The van der Waals surface area contributed by atoms with Crippen molar-refractivity contribution >= 4 is 53.8 Å². The Bertz CT molecular complexity index is 1970. The molecular formula is C38H32Br2O9. The predicted octanol–water partition coefficient (Wildman–Crippen LogP) is 8.27. The molecule has 6 aromatic rings. The van der Waals surface area contributed by atoms with Crippen molar-refractivity contribution in [2.24, 2.45) is 0 Å². The van der Waals surface area contributed by atoms with Gasteiger partial charge in [0, 0.05) is 32.2 Å². The Labute approximate surface area is 298 Å². The molecular weight excluding hydrogens is 760 g/mol. The minimum Gasteiger partial charge on any atom is -0.491 e. The minimum atomic E-state index is -0.0951. The van der Waals surface area contributed by atoms with Crippen LogP contribution in [0.1, 0.15) is 0 Å². The highest BCUT2D eigenvalue weighted by atomic mass is 79.9. The van der Waals surface area contributed by atoms with Crippen molar-refractivity contribution in [3.63, 3.8) is 0 Å². The van der Waals surface area contributed by atoms with E-state index in [9.17, 15) is 9.59 Å². The summed E-state index contributed by atoms with van der Waals surface area (Å²) in [4.78, 5) is 25.0. The van der Waals surface area contributed by atoms with E-state index >= 15 is 0 Å². The molecule has 9 nitrogen and oxygen atoms in total. The summed E-state index contributed by atoms with van der Waals surface area (Å²) in [6.07, 6.45) is 0. The van der Waals surface area contributed by atoms with Crippen LogP contribution in [-0.2, 0) is 14.2 Å². The molecule has 2 aromatic heterocycles. The number of hydrogen-bond donors (Lipinski definition) is 0. The van der Waals surface area contributed by atoms with Gasteiger partial charge in [-0.25, -0.2) is 0 Å². The SMILES string of the molecule is O=c1cc(-c2ccc(OCCOCCOCCOCCOc3ccc(-c4cc(=O)c5cc(Br)ccc5o4)cc3)cc2)oc2ccc(Br)cc12. The van der Waals surface area contributed by atoms with Crippen molar-refractivity contribution in [2.75, 3.05) is 52.9 Å². The molecule has 49 heavy (non-hydrogen) atoms. The van der Waals surface area contributed by atoms with Gasteiger partial charge in [-0.2, -0.15) is 0 Å². The maximum atomic E-state index is 12.5. The third kappa shape index (κ3) is 9.46. The van der Waals surface area contributed by atoms with E-state index in [1.807, 2.05) is 60.7 Å². The number of hydrogen-bond acceptors (Lipinski definition) is 9. The van der Waals surface area contributed by atoms with Gasteiger partial charge in [-0.3, -0.25) is 9.59 Å². The van der Waals surface area contributed by atoms with Crippen LogP contribution in [0.25, 0.3) is 44.6 Å². The molecule has 2 heterocycles. The number of benzene rings is 4. The van der Waals surface area contributed by atoms with Gasteiger partial charge in [-0.05, 0) is 84.9 Å². The summed E-state index contributed by atoms with van der Waals surface area (Å²) < 4.78 is 41.7. The maximum absolute atomic E-state index is 12.5. The fraction of sp³-hybridized carbons (Fsp3) is 0.211. The Balaban J connectivity index is 0.799. The lowest BCUT2D eigenvalue weighted by atomic mass is 10.1. The van der Waals surface area contributed by atoms with E-state index in [4.69, 9.17) is 32.5 Å². The molecule has 0 aliphatic rings.